The van der Waals surface area contributed by atoms with E-state index in [9.17, 15) is 0 Å². The first kappa shape index (κ1) is 11.5. The smallest absolute Gasteiger partial charge is 0.170 e. The van der Waals surface area contributed by atoms with E-state index in [1.807, 2.05) is 23.6 Å². The van der Waals surface area contributed by atoms with Gasteiger partial charge in [-0.25, -0.2) is 0 Å². The lowest BCUT2D eigenvalue weighted by atomic mass is 10.2. The van der Waals surface area contributed by atoms with E-state index in [-0.39, 0.29) is 5.84 Å². The Hall–Kier alpha value is -2.01. The van der Waals surface area contributed by atoms with Crippen molar-refractivity contribution < 1.29 is 9.94 Å². The molecule has 0 radical (unpaired) electrons. The summed E-state index contributed by atoms with van der Waals surface area (Å²) in [5.41, 5.74) is 6.14. The maximum Gasteiger partial charge on any atom is 0.170 e. The molecule has 0 bridgehead atoms. The van der Waals surface area contributed by atoms with Crippen molar-refractivity contribution in [3.63, 3.8) is 0 Å². The average Bonchev–Trinajstić information content (AvgIpc) is 2.89. The van der Waals surface area contributed by atoms with Gasteiger partial charge >= 0.3 is 0 Å². The Labute approximate surface area is 103 Å². The second-order valence-electron chi connectivity index (χ2n) is 3.38. The molecule has 2 aromatic rings. The summed E-state index contributed by atoms with van der Waals surface area (Å²) >= 11 is 1.64. The minimum atomic E-state index is 0.0755. The van der Waals surface area contributed by atoms with Gasteiger partial charge in [0, 0.05) is 10.4 Å². The first-order valence-electron chi connectivity index (χ1n) is 5.03. The summed E-state index contributed by atoms with van der Waals surface area (Å²) in [7, 11) is 0. The second-order valence-corrected chi connectivity index (χ2v) is 4.41. The fraction of sp³-hybridized carbons (Fsp3) is 0.0833. The Kier molecular flexibility index (Phi) is 3.62. The zero-order valence-corrected chi connectivity index (χ0v) is 9.85. The molecule has 4 nitrogen and oxygen atoms in total. The molecule has 1 aromatic heterocycles. The molecule has 0 saturated heterocycles. The zero-order chi connectivity index (χ0) is 12.1. The lowest BCUT2D eigenvalue weighted by Crippen LogP contribution is -2.12. The molecule has 5 heteroatoms. The lowest BCUT2D eigenvalue weighted by molar-refractivity contribution is 0.309. The molecule has 0 fully saturated rings. The maximum absolute atomic E-state index is 8.58. The minimum Gasteiger partial charge on any atom is -0.488 e. The van der Waals surface area contributed by atoms with Crippen LogP contribution in [0.5, 0.6) is 5.75 Å². The van der Waals surface area contributed by atoms with E-state index in [0.717, 1.165) is 4.88 Å². The Morgan fingerprint density at radius 3 is 2.94 bits per heavy atom. The van der Waals surface area contributed by atoms with Gasteiger partial charge in [0.05, 0.1) is 0 Å². The quantitative estimate of drug-likeness (QED) is 0.378. The molecule has 17 heavy (non-hydrogen) atoms. The molecule has 0 saturated carbocycles. The van der Waals surface area contributed by atoms with Gasteiger partial charge in [0.1, 0.15) is 12.4 Å². The van der Waals surface area contributed by atoms with Crippen molar-refractivity contribution in [1.82, 2.24) is 0 Å². The molecule has 0 amide bonds. The van der Waals surface area contributed by atoms with Crippen LogP contribution in [0, 0.1) is 0 Å². The number of hydrogen-bond donors (Lipinski definition) is 2. The van der Waals surface area contributed by atoms with E-state index in [1.165, 1.54) is 0 Å². The number of hydrogen-bond acceptors (Lipinski definition) is 4. The highest BCUT2D eigenvalue weighted by molar-refractivity contribution is 7.09. The number of oxime groups is 1. The molecule has 0 aliphatic carbocycles. The van der Waals surface area contributed by atoms with E-state index in [0.29, 0.717) is 17.9 Å². The number of amidine groups is 1. The molecule has 0 aliphatic rings. The van der Waals surface area contributed by atoms with E-state index < -0.39 is 0 Å². The molecule has 1 aromatic carbocycles. The molecule has 0 aliphatic heterocycles. The van der Waals surface area contributed by atoms with Gasteiger partial charge in [-0.05, 0) is 23.6 Å². The second kappa shape index (κ2) is 5.36. The predicted molar refractivity (Wildman–Crippen MR) is 67.6 cm³/mol. The highest BCUT2D eigenvalue weighted by atomic mass is 32.1. The summed E-state index contributed by atoms with van der Waals surface area (Å²) in [6, 6.07) is 11.1. The van der Waals surface area contributed by atoms with Crippen LogP contribution < -0.4 is 10.5 Å². The Morgan fingerprint density at radius 2 is 2.24 bits per heavy atom. The number of thiophene rings is 1. The lowest BCUT2D eigenvalue weighted by Gasteiger charge is -2.06. The van der Waals surface area contributed by atoms with E-state index >= 15 is 0 Å². The van der Waals surface area contributed by atoms with Crippen molar-refractivity contribution >= 4 is 17.2 Å². The molecular formula is C12H12N2O2S. The van der Waals surface area contributed by atoms with Crippen molar-refractivity contribution in [2.24, 2.45) is 10.9 Å². The topological polar surface area (TPSA) is 67.8 Å². The molecule has 2 rings (SSSR count). The van der Waals surface area contributed by atoms with E-state index in [4.69, 9.17) is 15.7 Å². The third-order valence-corrected chi connectivity index (χ3v) is 3.05. The fourth-order valence-corrected chi connectivity index (χ4v) is 1.97. The highest BCUT2D eigenvalue weighted by Crippen LogP contribution is 2.16. The molecule has 0 spiro atoms. The number of benzene rings is 1. The van der Waals surface area contributed by atoms with Crippen LogP contribution in [0.3, 0.4) is 0 Å². The summed E-state index contributed by atoms with van der Waals surface area (Å²) in [4.78, 5) is 1.15. The first-order chi connectivity index (χ1) is 8.29. The van der Waals surface area contributed by atoms with E-state index in [1.54, 1.807) is 29.5 Å². The van der Waals surface area contributed by atoms with Crippen molar-refractivity contribution in [3.05, 3.63) is 52.2 Å². The molecule has 0 unspecified atom stereocenters. The van der Waals surface area contributed by atoms with Crippen LogP contribution in [-0.2, 0) is 6.61 Å². The number of nitrogens with two attached hydrogens (primary N) is 1. The van der Waals surface area contributed by atoms with Gasteiger partial charge in [0.2, 0.25) is 0 Å². The van der Waals surface area contributed by atoms with Crippen LogP contribution in [-0.4, -0.2) is 11.0 Å². The maximum atomic E-state index is 8.58. The Balaban J connectivity index is 2.06. The largest absolute Gasteiger partial charge is 0.488 e. The van der Waals surface area contributed by atoms with Crippen LogP contribution in [0.2, 0.25) is 0 Å². The van der Waals surface area contributed by atoms with E-state index in [2.05, 4.69) is 5.16 Å². The first-order valence-corrected chi connectivity index (χ1v) is 5.90. The van der Waals surface area contributed by atoms with Gasteiger partial charge in [-0.1, -0.05) is 23.4 Å². The van der Waals surface area contributed by atoms with Gasteiger partial charge in [0.15, 0.2) is 5.84 Å². The van der Waals surface area contributed by atoms with Crippen molar-refractivity contribution in [2.75, 3.05) is 0 Å². The normalized spacial score (nSPS) is 11.4. The predicted octanol–water partition coefficient (Wildman–Crippen LogP) is 2.42. The number of rotatable bonds is 4. The molecule has 88 valence electrons. The van der Waals surface area contributed by atoms with Crippen LogP contribution in [0.4, 0.5) is 0 Å². The van der Waals surface area contributed by atoms with Crippen molar-refractivity contribution in [3.8, 4) is 5.75 Å². The SMILES string of the molecule is N/C(=N\O)c1cccc(OCc2cccs2)c1. The van der Waals surface area contributed by atoms with Gasteiger partial charge in [0.25, 0.3) is 0 Å². The molecule has 3 N–H and O–H groups in total. The van der Waals surface area contributed by atoms with Gasteiger partial charge in [-0.3, -0.25) is 0 Å². The molecular weight excluding hydrogens is 236 g/mol. The number of nitrogens with zero attached hydrogens (tertiary/aromatic N) is 1. The minimum absolute atomic E-state index is 0.0755. The number of ether oxygens (including phenoxy) is 1. The van der Waals surface area contributed by atoms with Crippen LogP contribution in [0.1, 0.15) is 10.4 Å². The third kappa shape index (κ3) is 2.98. The third-order valence-electron chi connectivity index (χ3n) is 2.20. The van der Waals surface area contributed by atoms with Gasteiger partial charge < -0.3 is 15.7 Å². The Morgan fingerprint density at radius 1 is 1.35 bits per heavy atom. The van der Waals surface area contributed by atoms with Crippen LogP contribution >= 0.6 is 11.3 Å². The summed E-state index contributed by atoms with van der Waals surface area (Å²) < 4.78 is 5.60. The highest BCUT2D eigenvalue weighted by Gasteiger charge is 2.02. The summed E-state index contributed by atoms with van der Waals surface area (Å²) in [5.74, 6) is 0.772. The van der Waals surface area contributed by atoms with Gasteiger partial charge in [-0.15, -0.1) is 11.3 Å². The standard InChI is InChI=1S/C12H12N2O2S/c13-12(14-15)9-3-1-4-10(7-9)16-8-11-5-2-6-17-11/h1-7,15H,8H2,(H2,13,14). The summed E-state index contributed by atoms with van der Waals surface area (Å²) in [6.45, 7) is 0.525. The summed E-state index contributed by atoms with van der Waals surface area (Å²) in [6.07, 6.45) is 0. The van der Waals surface area contributed by atoms with Gasteiger partial charge in [-0.2, -0.15) is 0 Å². The van der Waals surface area contributed by atoms with Crippen LogP contribution in [0.15, 0.2) is 46.9 Å². The fourth-order valence-electron chi connectivity index (χ4n) is 1.35. The Bertz CT molecular complexity index is 509. The monoisotopic (exact) mass is 248 g/mol. The summed E-state index contributed by atoms with van der Waals surface area (Å²) in [5, 5.41) is 13.5. The zero-order valence-electron chi connectivity index (χ0n) is 9.04. The van der Waals surface area contributed by atoms with Crippen molar-refractivity contribution in [1.29, 1.82) is 0 Å². The van der Waals surface area contributed by atoms with Crippen LogP contribution in [0.25, 0.3) is 0 Å². The molecule has 0 atom stereocenters. The molecule has 1 heterocycles. The average molecular weight is 248 g/mol. The van der Waals surface area contributed by atoms with Crippen molar-refractivity contribution in [2.45, 2.75) is 6.61 Å².